The van der Waals surface area contributed by atoms with E-state index in [1.807, 2.05) is 0 Å². The van der Waals surface area contributed by atoms with E-state index in [4.69, 9.17) is 4.74 Å². The van der Waals surface area contributed by atoms with Crippen molar-refractivity contribution in [2.24, 2.45) is 0 Å². The van der Waals surface area contributed by atoms with Crippen LogP contribution in [-0.4, -0.2) is 45.8 Å². The maximum atomic E-state index is 12.3. The van der Waals surface area contributed by atoms with Gasteiger partial charge >= 0.3 is 12.1 Å². The Hall–Kier alpha value is -2.13. The van der Waals surface area contributed by atoms with E-state index in [9.17, 15) is 18.0 Å². The molecule has 0 heterocycles. The molecule has 1 atom stereocenters. The number of alkyl carbamates (subject to hydrolysis) is 1. The summed E-state index contributed by atoms with van der Waals surface area (Å²) >= 11 is 0. The lowest BCUT2D eigenvalue weighted by Crippen LogP contribution is -2.49. The number of rotatable bonds is 6. The molecule has 1 aromatic rings. The summed E-state index contributed by atoms with van der Waals surface area (Å²) in [5, 5.41) is 2.34. The topological polar surface area (TPSA) is 111 Å². The number of amides is 1. The molecule has 0 aliphatic heterocycles. The van der Waals surface area contributed by atoms with Gasteiger partial charge in [0, 0.05) is 6.54 Å². The molecular weight excluding hydrogens is 336 g/mol. The first-order valence-electron chi connectivity index (χ1n) is 7.17. The zero-order chi connectivity index (χ0) is 18.4. The van der Waals surface area contributed by atoms with E-state index in [0.29, 0.717) is 0 Å². The van der Waals surface area contributed by atoms with Crippen LogP contribution in [0.5, 0.6) is 0 Å². The van der Waals surface area contributed by atoms with Gasteiger partial charge in [-0.15, -0.1) is 0 Å². The fraction of sp³-hybridized carbons (Fsp3) is 0.467. The van der Waals surface area contributed by atoms with Crippen LogP contribution in [0, 0.1) is 0 Å². The predicted octanol–water partition coefficient (Wildman–Crippen LogP) is 1.03. The van der Waals surface area contributed by atoms with Crippen LogP contribution in [0.3, 0.4) is 0 Å². The van der Waals surface area contributed by atoms with Gasteiger partial charge in [0.25, 0.3) is 0 Å². The Morgan fingerprint density at radius 3 is 2.25 bits per heavy atom. The van der Waals surface area contributed by atoms with Crippen LogP contribution in [0.1, 0.15) is 20.8 Å². The minimum Gasteiger partial charge on any atom is -0.468 e. The molecule has 0 radical (unpaired) electrons. The summed E-state index contributed by atoms with van der Waals surface area (Å²) in [6.07, 6.45) is -0.768. The number of hydrogen-bond acceptors (Lipinski definition) is 6. The highest BCUT2D eigenvalue weighted by Gasteiger charge is 2.27. The third-order valence-corrected chi connectivity index (χ3v) is 4.17. The van der Waals surface area contributed by atoms with Gasteiger partial charge in [0.05, 0.1) is 12.0 Å². The van der Waals surface area contributed by atoms with Crippen LogP contribution in [0.15, 0.2) is 35.2 Å². The molecule has 2 N–H and O–H groups in total. The number of benzene rings is 1. The molecule has 0 unspecified atom stereocenters. The van der Waals surface area contributed by atoms with E-state index in [1.54, 1.807) is 39.0 Å². The summed E-state index contributed by atoms with van der Waals surface area (Å²) in [4.78, 5) is 23.4. The zero-order valence-corrected chi connectivity index (χ0v) is 14.8. The van der Waals surface area contributed by atoms with Gasteiger partial charge in [-0.3, -0.25) is 4.79 Å². The SMILES string of the molecule is COC(=O)[C@H](CNC(=O)OC(C)(C)C)NS(=O)(=O)c1ccccc1. The Labute approximate surface area is 141 Å². The fourth-order valence-electron chi connectivity index (χ4n) is 1.67. The molecular formula is C15H22N2O6S. The van der Waals surface area contributed by atoms with E-state index in [-0.39, 0.29) is 11.4 Å². The van der Waals surface area contributed by atoms with Crippen molar-refractivity contribution in [3.05, 3.63) is 30.3 Å². The second-order valence-corrected chi connectivity index (χ2v) is 7.61. The van der Waals surface area contributed by atoms with Gasteiger partial charge in [-0.1, -0.05) is 18.2 Å². The minimum atomic E-state index is -3.94. The molecule has 0 saturated heterocycles. The smallest absolute Gasteiger partial charge is 0.407 e. The van der Waals surface area contributed by atoms with Gasteiger partial charge in [0.2, 0.25) is 10.0 Å². The first-order chi connectivity index (χ1) is 11.0. The Morgan fingerprint density at radius 1 is 1.17 bits per heavy atom. The second-order valence-electron chi connectivity index (χ2n) is 5.89. The first kappa shape index (κ1) is 19.9. The highest BCUT2D eigenvalue weighted by atomic mass is 32.2. The van der Waals surface area contributed by atoms with Crippen LogP contribution >= 0.6 is 0 Å². The quantitative estimate of drug-likeness (QED) is 0.735. The van der Waals surface area contributed by atoms with Gasteiger partial charge in [-0.2, -0.15) is 4.72 Å². The van der Waals surface area contributed by atoms with Crippen LogP contribution in [-0.2, 0) is 24.3 Å². The summed E-state index contributed by atoms with van der Waals surface area (Å²) in [5.74, 6) is -0.828. The monoisotopic (exact) mass is 358 g/mol. The normalized spacial score (nSPS) is 13.0. The van der Waals surface area contributed by atoms with E-state index in [1.165, 1.54) is 12.1 Å². The summed E-state index contributed by atoms with van der Waals surface area (Å²) < 4.78 is 36.4. The third kappa shape index (κ3) is 6.55. The Balaban J connectivity index is 2.80. The minimum absolute atomic E-state index is 0.00355. The van der Waals surface area contributed by atoms with Crippen LogP contribution in [0.4, 0.5) is 4.79 Å². The average Bonchev–Trinajstić information content (AvgIpc) is 2.49. The second kappa shape index (κ2) is 8.11. The van der Waals surface area contributed by atoms with Crippen molar-refractivity contribution in [2.75, 3.05) is 13.7 Å². The average molecular weight is 358 g/mol. The van der Waals surface area contributed by atoms with E-state index in [0.717, 1.165) is 7.11 Å². The van der Waals surface area contributed by atoms with E-state index >= 15 is 0 Å². The van der Waals surface area contributed by atoms with Gasteiger partial charge in [-0.25, -0.2) is 13.2 Å². The number of nitrogens with one attached hydrogen (secondary N) is 2. The van der Waals surface area contributed by atoms with Crippen LogP contribution in [0.25, 0.3) is 0 Å². The van der Waals surface area contributed by atoms with Crippen molar-refractivity contribution in [3.8, 4) is 0 Å². The number of esters is 1. The fourth-order valence-corrected chi connectivity index (χ4v) is 2.88. The van der Waals surface area contributed by atoms with Gasteiger partial charge in [0.15, 0.2) is 0 Å². The lowest BCUT2D eigenvalue weighted by Gasteiger charge is -2.21. The Kier molecular flexibility index (Phi) is 6.73. The van der Waals surface area contributed by atoms with Crippen LogP contribution in [0.2, 0.25) is 0 Å². The molecule has 8 nitrogen and oxygen atoms in total. The lowest BCUT2D eigenvalue weighted by molar-refractivity contribution is -0.142. The van der Waals surface area contributed by atoms with Crippen molar-refractivity contribution < 1.29 is 27.5 Å². The Bertz CT molecular complexity index is 667. The maximum absolute atomic E-state index is 12.3. The summed E-state index contributed by atoms with van der Waals surface area (Å²) in [6.45, 7) is 4.74. The molecule has 0 aromatic heterocycles. The molecule has 0 aliphatic carbocycles. The van der Waals surface area contributed by atoms with Gasteiger partial charge in [0.1, 0.15) is 11.6 Å². The number of carbonyl (C=O) groups is 2. The zero-order valence-electron chi connectivity index (χ0n) is 14.0. The molecule has 134 valence electrons. The molecule has 9 heteroatoms. The molecule has 1 aromatic carbocycles. The van der Waals surface area contributed by atoms with Crippen molar-refractivity contribution in [2.45, 2.75) is 37.3 Å². The molecule has 0 fully saturated rings. The molecule has 0 spiro atoms. The van der Waals surface area contributed by atoms with Crippen molar-refractivity contribution in [1.82, 2.24) is 10.0 Å². The van der Waals surface area contributed by atoms with E-state index in [2.05, 4.69) is 14.8 Å². The predicted molar refractivity (Wildman–Crippen MR) is 86.8 cm³/mol. The van der Waals surface area contributed by atoms with Crippen LogP contribution < -0.4 is 10.0 Å². The van der Waals surface area contributed by atoms with Gasteiger partial charge < -0.3 is 14.8 Å². The molecule has 1 amide bonds. The standard InChI is InChI=1S/C15H22N2O6S/c1-15(2,3)23-14(19)16-10-12(13(18)22-4)17-24(20,21)11-8-6-5-7-9-11/h5-9,12,17H,10H2,1-4H3,(H,16,19)/t12-/m0/s1. The first-order valence-corrected chi connectivity index (χ1v) is 8.65. The van der Waals surface area contributed by atoms with Crippen molar-refractivity contribution >= 4 is 22.1 Å². The summed E-state index contributed by atoms with van der Waals surface area (Å²) in [6, 6.07) is 6.27. The van der Waals surface area contributed by atoms with E-state index < -0.39 is 33.7 Å². The summed E-state index contributed by atoms with van der Waals surface area (Å²) in [5.41, 5.74) is -0.714. The molecule has 1 rings (SSSR count). The molecule has 0 aliphatic rings. The maximum Gasteiger partial charge on any atom is 0.407 e. The third-order valence-electron chi connectivity index (χ3n) is 2.69. The number of carbonyl (C=O) groups excluding carboxylic acids is 2. The number of ether oxygens (including phenoxy) is 2. The number of hydrogen-bond donors (Lipinski definition) is 2. The molecule has 0 saturated carbocycles. The lowest BCUT2D eigenvalue weighted by atomic mass is 10.2. The van der Waals surface area contributed by atoms with Gasteiger partial charge in [-0.05, 0) is 32.9 Å². The highest BCUT2D eigenvalue weighted by Crippen LogP contribution is 2.09. The largest absolute Gasteiger partial charge is 0.468 e. The molecule has 0 bridgehead atoms. The Morgan fingerprint density at radius 2 is 1.75 bits per heavy atom. The summed E-state index contributed by atoms with van der Waals surface area (Å²) in [7, 11) is -2.82. The number of methoxy groups -OCH3 is 1. The van der Waals surface area contributed by atoms with Crippen molar-refractivity contribution in [1.29, 1.82) is 0 Å². The highest BCUT2D eigenvalue weighted by molar-refractivity contribution is 7.89. The van der Waals surface area contributed by atoms with Crippen molar-refractivity contribution in [3.63, 3.8) is 0 Å². The molecule has 24 heavy (non-hydrogen) atoms. The number of sulfonamides is 1.